The molecule has 1 fully saturated rings. The minimum Gasteiger partial charge on any atom is -0.482 e. The maximum atomic E-state index is 12.7. The lowest BCUT2D eigenvalue weighted by molar-refractivity contribution is -0.134. The number of benzene rings is 2. The van der Waals surface area contributed by atoms with Gasteiger partial charge in [-0.05, 0) is 58.7 Å². The van der Waals surface area contributed by atoms with Crippen LogP contribution in [0.1, 0.15) is 19.4 Å². The van der Waals surface area contributed by atoms with Crippen LogP contribution >= 0.6 is 43.5 Å². The van der Waals surface area contributed by atoms with E-state index < -0.39 is 0 Å². The number of rotatable bonds is 6. The molecule has 1 heterocycles. The zero-order valence-corrected chi connectivity index (χ0v) is 22.2. The van der Waals surface area contributed by atoms with E-state index in [2.05, 4.69) is 42.1 Å². The van der Waals surface area contributed by atoms with Gasteiger partial charge in [0.05, 0.1) is 15.8 Å². The Morgan fingerprint density at radius 3 is 2.44 bits per heavy atom. The van der Waals surface area contributed by atoms with Crippen molar-refractivity contribution < 1.29 is 14.3 Å². The van der Waals surface area contributed by atoms with E-state index in [4.69, 9.17) is 16.3 Å². The maximum absolute atomic E-state index is 12.7. The highest BCUT2D eigenvalue weighted by Crippen LogP contribution is 2.33. The molecule has 0 saturated carbocycles. The number of carbonyl (C=O) groups excluding carboxylic acids is 2. The molecule has 9 heteroatoms. The number of ether oxygens (including phenoxy) is 1. The Morgan fingerprint density at radius 2 is 1.81 bits per heavy atom. The largest absolute Gasteiger partial charge is 0.482 e. The number of halogens is 3. The molecule has 3 rings (SSSR count). The van der Waals surface area contributed by atoms with E-state index in [1.165, 1.54) is 0 Å². The first-order valence-corrected chi connectivity index (χ1v) is 12.3. The van der Waals surface area contributed by atoms with Crippen LogP contribution < -0.4 is 15.0 Å². The molecule has 1 saturated heterocycles. The minimum atomic E-state index is -0.281. The highest BCUT2D eigenvalue weighted by Gasteiger charge is 2.24. The van der Waals surface area contributed by atoms with Crippen molar-refractivity contribution in [3.05, 3.63) is 49.9 Å². The summed E-state index contributed by atoms with van der Waals surface area (Å²) in [5.74, 6) is 0.499. The van der Waals surface area contributed by atoms with Crippen LogP contribution in [-0.4, -0.2) is 49.5 Å². The monoisotopic (exact) mass is 585 g/mol. The first-order chi connectivity index (χ1) is 15.2. The second kappa shape index (κ2) is 10.9. The molecule has 1 aliphatic rings. The summed E-state index contributed by atoms with van der Waals surface area (Å²) in [4.78, 5) is 29.0. The molecule has 172 valence electrons. The van der Waals surface area contributed by atoms with Crippen LogP contribution in [0, 0.1) is 12.8 Å². The zero-order valence-electron chi connectivity index (χ0n) is 18.3. The van der Waals surface area contributed by atoms with Crippen molar-refractivity contribution in [2.45, 2.75) is 20.8 Å². The van der Waals surface area contributed by atoms with Gasteiger partial charge in [0.25, 0.3) is 5.91 Å². The van der Waals surface area contributed by atoms with Crippen LogP contribution in [0.3, 0.4) is 0 Å². The molecule has 6 nitrogen and oxygen atoms in total. The predicted molar refractivity (Wildman–Crippen MR) is 136 cm³/mol. The molecule has 1 N–H and O–H groups in total. The first kappa shape index (κ1) is 24.9. The molecule has 2 aromatic carbocycles. The quantitative estimate of drug-likeness (QED) is 0.485. The number of carbonyl (C=O) groups is 2. The van der Waals surface area contributed by atoms with Crippen molar-refractivity contribution in [3.8, 4) is 5.75 Å². The van der Waals surface area contributed by atoms with Gasteiger partial charge in [0.2, 0.25) is 5.91 Å². The van der Waals surface area contributed by atoms with E-state index in [9.17, 15) is 9.59 Å². The van der Waals surface area contributed by atoms with Crippen LogP contribution in [0.5, 0.6) is 5.75 Å². The molecule has 0 unspecified atom stereocenters. The molecule has 0 radical (unpaired) electrons. The standard InChI is InChI=1S/C23H26Br2ClN3O3/c1-14(2)23(31)29-8-6-28(7-9-29)20-5-4-17(26)12-19(20)27-21(30)13-32-22-15(3)10-16(24)11-18(22)25/h4-5,10-12,14H,6-9,13H2,1-3H3,(H,27,30). The number of hydrogen-bond acceptors (Lipinski definition) is 4. The molecular weight excluding hydrogens is 562 g/mol. The molecule has 2 aromatic rings. The van der Waals surface area contributed by atoms with Gasteiger partial charge in [0.15, 0.2) is 6.61 Å². The fourth-order valence-electron chi connectivity index (χ4n) is 3.61. The van der Waals surface area contributed by atoms with Crippen molar-refractivity contribution in [2.75, 3.05) is 43.0 Å². The second-order valence-electron chi connectivity index (χ2n) is 8.00. The number of hydrogen-bond donors (Lipinski definition) is 1. The summed E-state index contributed by atoms with van der Waals surface area (Å²) in [6.45, 7) is 8.27. The van der Waals surface area contributed by atoms with Crippen molar-refractivity contribution >= 4 is 66.6 Å². The van der Waals surface area contributed by atoms with E-state index in [1.807, 2.05) is 43.9 Å². The van der Waals surface area contributed by atoms with Gasteiger partial charge >= 0.3 is 0 Å². The summed E-state index contributed by atoms with van der Waals surface area (Å²) in [5, 5.41) is 3.46. The average molecular weight is 588 g/mol. The Morgan fingerprint density at radius 1 is 1.12 bits per heavy atom. The summed E-state index contributed by atoms with van der Waals surface area (Å²) in [6.07, 6.45) is 0. The summed E-state index contributed by atoms with van der Waals surface area (Å²) in [6, 6.07) is 9.24. The van der Waals surface area contributed by atoms with Crippen molar-refractivity contribution in [3.63, 3.8) is 0 Å². The van der Waals surface area contributed by atoms with Gasteiger partial charge in [-0.15, -0.1) is 0 Å². The normalized spacial score (nSPS) is 14.0. The smallest absolute Gasteiger partial charge is 0.262 e. The van der Waals surface area contributed by atoms with Crippen LogP contribution in [-0.2, 0) is 9.59 Å². The van der Waals surface area contributed by atoms with Crippen LogP contribution in [0.4, 0.5) is 11.4 Å². The molecule has 0 aliphatic carbocycles. The molecule has 0 bridgehead atoms. The van der Waals surface area contributed by atoms with E-state index in [1.54, 1.807) is 12.1 Å². The summed E-state index contributed by atoms with van der Waals surface area (Å²) >= 11 is 13.1. The third-order valence-electron chi connectivity index (χ3n) is 5.20. The average Bonchev–Trinajstić information content (AvgIpc) is 2.72. The Hall–Kier alpha value is -1.77. The number of nitrogens with one attached hydrogen (secondary N) is 1. The topological polar surface area (TPSA) is 61.9 Å². The van der Waals surface area contributed by atoms with Gasteiger partial charge in [-0.3, -0.25) is 9.59 Å². The summed E-state index contributed by atoms with van der Waals surface area (Å²) < 4.78 is 7.47. The third-order valence-corrected chi connectivity index (χ3v) is 6.48. The van der Waals surface area contributed by atoms with Gasteiger partial charge < -0.3 is 19.9 Å². The molecule has 2 amide bonds. The second-order valence-corrected chi connectivity index (χ2v) is 10.2. The van der Waals surface area contributed by atoms with Gasteiger partial charge in [-0.2, -0.15) is 0 Å². The zero-order chi connectivity index (χ0) is 23.4. The highest BCUT2D eigenvalue weighted by molar-refractivity contribution is 9.11. The molecule has 32 heavy (non-hydrogen) atoms. The third kappa shape index (κ3) is 6.17. The van der Waals surface area contributed by atoms with E-state index >= 15 is 0 Å². The van der Waals surface area contributed by atoms with Crippen LogP contribution in [0.2, 0.25) is 5.02 Å². The molecular formula is C23H26Br2ClN3O3. The van der Waals surface area contributed by atoms with E-state index in [0.29, 0.717) is 42.6 Å². The van der Waals surface area contributed by atoms with Gasteiger partial charge in [0.1, 0.15) is 5.75 Å². The number of anilines is 2. The first-order valence-electron chi connectivity index (χ1n) is 10.4. The fraction of sp³-hybridized carbons (Fsp3) is 0.391. The maximum Gasteiger partial charge on any atom is 0.262 e. The minimum absolute atomic E-state index is 0.0127. The van der Waals surface area contributed by atoms with Gasteiger partial charge in [-0.1, -0.05) is 41.4 Å². The Bertz CT molecular complexity index is 985. The van der Waals surface area contributed by atoms with E-state index in [-0.39, 0.29) is 24.3 Å². The highest BCUT2D eigenvalue weighted by atomic mass is 79.9. The number of nitrogens with zero attached hydrogens (tertiary/aromatic N) is 2. The van der Waals surface area contributed by atoms with Crippen LogP contribution in [0.15, 0.2) is 39.3 Å². The summed E-state index contributed by atoms with van der Waals surface area (Å²) in [5.41, 5.74) is 2.41. The van der Waals surface area contributed by atoms with Crippen molar-refractivity contribution in [1.29, 1.82) is 0 Å². The molecule has 0 atom stereocenters. The fourth-order valence-corrected chi connectivity index (χ4v) is 5.34. The van der Waals surface area contributed by atoms with Crippen LogP contribution in [0.25, 0.3) is 0 Å². The molecule has 0 aromatic heterocycles. The summed E-state index contributed by atoms with van der Waals surface area (Å²) in [7, 11) is 0. The number of aryl methyl sites for hydroxylation is 1. The Balaban J connectivity index is 1.67. The number of piperazine rings is 1. The van der Waals surface area contributed by atoms with E-state index in [0.717, 1.165) is 20.2 Å². The lowest BCUT2D eigenvalue weighted by Crippen LogP contribution is -2.50. The van der Waals surface area contributed by atoms with Gasteiger partial charge in [0, 0.05) is 41.6 Å². The Kier molecular flexibility index (Phi) is 8.47. The number of amides is 2. The molecule has 0 spiro atoms. The van der Waals surface area contributed by atoms with Crippen molar-refractivity contribution in [2.24, 2.45) is 5.92 Å². The Labute approximate surface area is 210 Å². The lowest BCUT2D eigenvalue weighted by Gasteiger charge is -2.37. The predicted octanol–water partition coefficient (Wildman–Crippen LogP) is 5.50. The SMILES string of the molecule is Cc1cc(Br)cc(Br)c1OCC(=O)Nc1cc(Cl)ccc1N1CCN(C(=O)C(C)C)CC1. The molecule has 1 aliphatic heterocycles. The lowest BCUT2D eigenvalue weighted by atomic mass is 10.1. The van der Waals surface area contributed by atoms with Crippen molar-refractivity contribution in [1.82, 2.24) is 4.90 Å². The van der Waals surface area contributed by atoms with Gasteiger partial charge in [-0.25, -0.2) is 0 Å².